The highest BCUT2D eigenvalue weighted by atomic mass is 35.5. The average molecular weight is 444 g/mol. The summed E-state index contributed by atoms with van der Waals surface area (Å²) >= 11 is 7.56. The van der Waals surface area contributed by atoms with Crippen molar-refractivity contribution in [2.24, 2.45) is 5.73 Å². The number of aliphatic hydroxyl groups is 1. The van der Waals surface area contributed by atoms with Gasteiger partial charge in [0.2, 0.25) is 0 Å². The van der Waals surface area contributed by atoms with E-state index < -0.39 is 18.3 Å². The maximum absolute atomic E-state index is 11.3. The first-order chi connectivity index (χ1) is 14.4. The van der Waals surface area contributed by atoms with Gasteiger partial charge in [0.25, 0.3) is 0 Å². The quantitative estimate of drug-likeness (QED) is 0.437. The zero-order valence-corrected chi connectivity index (χ0v) is 17.6. The molecule has 0 fully saturated rings. The van der Waals surface area contributed by atoms with Gasteiger partial charge in [-0.2, -0.15) is 0 Å². The fourth-order valence-corrected chi connectivity index (χ4v) is 4.06. The fraction of sp³-hybridized carbons (Fsp3) is 0.174. The Morgan fingerprint density at radius 3 is 2.27 bits per heavy atom. The highest BCUT2D eigenvalue weighted by Crippen LogP contribution is 2.30. The van der Waals surface area contributed by atoms with E-state index in [2.05, 4.69) is 0 Å². The van der Waals surface area contributed by atoms with Crippen LogP contribution >= 0.6 is 23.4 Å². The van der Waals surface area contributed by atoms with Gasteiger partial charge in [-0.15, -0.1) is 0 Å². The number of carbonyl (C=O) groups excluding carboxylic acids is 1. The van der Waals surface area contributed by atoms with E-state index in [0.29, 0.717) is 17.0 Å². The van der Waals surface area contributed by atoms with E-state index in [1.807, 2.05) is 36.4 Å². The molecule has 7 heteroatoms. The Morgan fingerprint density at radius 1 is 1.03 bits per heavy atom. The van der Waals surface area contributed by atoms with Gasteiger partial charge in [0, 0.05) is 27.7 Å². The minimum absolute atomic E-state index is 0.202. The summed E-state index contributed by atoms with van der Waals surface area (Å²) in [6.07, 6.45) is -1.67. The Morgan fingerprint density at radius 2 is 1.67 bits per heavy atom. The molecular formula is C23H22ClNO4S. The van der Waals surface area contributed by atoms with E-state index in [4.69, 9.17) is 22.1 Å². The van der Waals surface area contributed by atoms with E-state index in [0.717, 1.165) is 15.4 Å². The van der Waals surface area contributed by atoms with Crippen molar-refractivity contribution in [3.63, 3.8) is 0 Å². The van der Waals surface area contributed by atoms with Gasteiger partial charge < -0.3 is 20.7 Å². The first kappa shape index (κ1) is 22.0. The third-order valence-corrected chi connectivity index (χ3v) is 5.71. The van der Waals surface area contributed by atoms with Gasteiger partial charge >= 0.3 is 6.09 Å². The molecule has 0 aromatic heterocycles. The number of benzene rings is 3. The standard InChI is InChI=1S/C23H22ClNO4S/c24-17-3-1-2-16(13-17)22(27)14-19(29-23(25)28)12-15-4-8-20(9-5-15)30-21-10-6-18(26)7-11-21/h1-11,13,19,22,26-27H,12,14H2,(H2,25,28)/t19?,22-/m1/s1. The lowest BCUT2D eigenvalue weighted by Crippen LogP contribution is -2.26. The van der Waals surface area contributed by atoms with Crippen LogP contribution in [-0.2, 0) is 11.2 Å². The number of hydrogen-bond donors (Lipinski definition) is 3. The second kappa shape index (κ2) is 10.4. The van der Waals surface area contributed by atoms with Crippen molar-refractivity contribution >= 4 is 29.5 Å². The molecule has 0 spiro atoms. The van der Waals surface area contributed by atoms with Gasteiger partial charge in [-0.1, -0.05) is 47.6 Å². The Hall–Kier alpha value is -2.67. The molecule has 0 heterocycles. The maximum atomic E-state index is 11.3. The van der Waals surface area contributed by atoms with Crippen LogP contribution in [0.15, 0.2) is 82.6 Å². The van der Waals surface area contributed by atoms with Crippen LogP contribution in [0.3, 0.4) is 0 Å². The summed E-state index contributed by atoms with van der Waals surface area (Å²) < 4.78 is 5.23. The van der Waals surface area contributed by atoms with E-state index in [-0.39, 0.29) is 12.2 Å². The van der Waals surface area contributed by atoms with Crippen LogP contribution in [0.4, 0.5) is 4.79 Å². The number of primary amides is 1. The number of halogens is 1. The number of aromatic hydroxyl groups is 1. The molecule has 0 saturated carbocycles. The molecule has 0 saturated heterocycles. The monoisotopic (exact) mass is 443 g/mol. The van der Waals surface area contributed by atoms with Crippen LogP contribution in [0.25, 0.3) is 0 Å². The molecule has 3 rings (SSSR count). The Bertz CT molecular complexity index is 979. The molecule has 3 aromatic carbocycles. The Kier molecular flexibility index (Phi) is 7.63. The van der Waals surface area contributed by atoms with Crippen molar-refractivity contribution in [1.82, 2.24) is 0 Å². The maximum Gasteiger partial charge on any atom is 0.404 e. The van der Waals surface area contributed by atoms with Crippen LogP contribution in [0.2, 0.25) is 5.02 Å². The van der Waals surface area contributed by atoms with Crippen molar-refractivity contribution in [3.05, 3.63) is 88.9 Å². The number of nitrogens with two attached hydrogens (primary N) is 1. The van der Waals surface area contributed by atoms with E-state index in [9.17, 15) is 15.0 Å². The summed E-state index contributed by atoms with van der Waals surface area (Å²) in [7, 11) is 0. The number of rotatable bonds is 8. The van der Waals surface area contributed by atoms with Gasteiger partial charge in [0.1, 0.15) is 11.9 Å². The lowest BCUT2D eigenvalue weighted by molar-refractivity contribution is 0.0586. The van der Waals surface area contributed by atoms with Crippen LogP contribution in [0.5, 0.6) is 5.75 Å². The highest BCUT2D eigenvalue weighted by molar-refractivity contribution is 7.99. The largest absolute Gasteiger partial charge is 0.508 e. The summed E-state index contributed by atoms with van der Waals surface area (Å²) in [6.45, 7) is 0. The number of carbonyl (C=O) groups is 1. The van der Waals surface area contributed by atoms with Crippen molar-refractivity contribution < 1.29 is 19.7 Å². The molecule has 0 bridgehead atoms. The second-order valence-corrected chi connectivity index (χ2v) is 8.39. The number of hydrogen-bond acceptors (Lipinski definition) is 5. The molecule has 0 radical (unpaired) electrons. The molecule has 0 aliphatic heterocycles. The van der Waals surface area contributed by atoms with Crippen LogP contribution in [-0.4, -0.2) is 22.4 Å². The summed E-state index contributed by atoms with van der Waals surface area (Å²) in [4.78, 5) is 13.4. The predicted molar refractivity (Wildman–Crippen MR) is 118 cm³/mol. The van der Waals surface area contributed by atoms with Gasteiger partial charge in [-0.05, 0) is 59.7 Å². The zero-order valence-electron chi connectivity index (χ0n) is 16.1. The topological polar surface area (TPSA) is 92.8 Å². The minimum Gasteiger partial charge on any atom is -0.508 e. The molecule has 4 N–H and O–H groups in total. The smallest absolute Gasteiger partial charge is 0.404 e. The molecule has 30 heavy (non-hydrogen) atoms. The van der Waals surface area contributed by atoms with Gasteiger partial charge in [0.15, 0.2) is 0 Å². The Labute approximate surface area is 184 Å². The second-order valence-electron chi connectivity index (χ2n) is 6.81. The van der Waals surface area contributed by atoms with Crippen LogP contribution in [0.1, 0.15) is 23.7 Å². The normalized spacial score (nSPS) is 12.9. The predicted octanol–water partition coefficient (Wildman–Crippen LogP) is 5.33. The van der Waals surface area contributed by atoms with Gasteiger partial charge in [-0.3, -0.25) is 0 Å². The molecule has 0 aliphatic rings. The fourth-order valence-electron chi connectivity index (χ4n) is 3.04. The van der Waals surface area contributed by atoms with Gasteiger partial charge in [0.05, 0.1) is 6.10 Å². The SMILES string of the molecule is NC(=O)OC(Cc1ccc(Sc2ccc(O)cc2)cc1)C[C@@H](O)c1cccc(Cl)c1. The van der Waals surface area contributed by atoms with Crippen LogP contribution < -0.4 is 5.73 Å². The van der Waals surface area contributed by atoms with Crippen molar-refractivity contribution in [2.45, 2.75) is 34.8 Å². The van der Waals surface area contributed by atoms with E-state index in [1.165, 1.54) is 0 Å². The van der Waals surface area contributed by atoms with E-state index >= 15 is 0 Å². The molecule has 3 aromatic rings. The summed E-state index contributed by atoms with van der Waals surface area (Å²) in [5, 5.41) is 20.4. The molecular weight excluding hydrogens is 422 g/mol. The number of aliphatic hydroxyl groups excluding tert-OH is 1. The van der Waals surface area contributed by atoms with E-state index in [1.54, 1.807) is 48.2 Å². The average Bonchev–Trinajstić information content (AvgIpc) is 2.70. The Balaban J connectivity index is 1.65. The third kappa shape index (κ3) is 6.69. The van der Waals surface area contributed by atoms with Crippen molar-refractivity contribution in [2.75, 3.05) is 0 Å². The molecule has 1 unspecified atom stereocenters. The third-order valence-electron chi connectivity index (χ3n) is 4.46. The van der Waals surface area contributed by atoms with Crippen molar-refractivity contribution in [1.29, 1.82) is 0 Å². The molecule has 156 valence electrons. The molecule has 2 atom stereocenters. The van der Waals surface area contributed by atoms with Crippen LogP contribution in [0, 0.1) is 0 Å². The molecule has 1 amide bonds. The number of amides is 1. The summed E-state index contributed by atoms with van der Waals surface area (Å²) in [5.74, 6) is 0.232. The lowest BCUT2D eigenvalue weighted by Gasteiger charge is -2.20. The highest BCUT2D eigenvalue weighted by Gasteiger charge is 2.20. The first-order valence-corrected chi connectivity index (χ1v) is 10.5. The lowest BCUT2D eigenvalue weighted by atomic mass is 9.99. The van der Waals surface area contributed by atoms with Gasteiger partial charge in [-0.25, -0.2) is 4.79 Å². The summed E-state index contributed by atoms with van der Waals surface area (Å²) in [6, 6.07) is 21.8. The molecule has 5 nitrogen and oxygen atoms in total. The first-order valence-electron chi connectivity index (χ1n) is 9.34. The zero-order chi connectivity index (χ0) is 21.5. The number of ether oxygens (including phenoxy) is 1. The van der Waals surface area contributed by atoms with Crippen molar-refractivity contribution in [3.8, 4) is 5.75 Å². The number of phenolic OH excluding ortho intramolecular Hbond substituents is 1. The summed E-state index contributed by atoms with van der Waals surface area (Å²) in [5.41, 5.74) is 6.83. The number of phenols is 1. The minimum atomic E-state index is -0.877. The molecule has 0 aliphatic carbocycles.